The number of hydrogen-bond acceptors (Lipinski definition) is 5. The number of para-hydroxylation sites is 2. The first-order chi connectivity index (χ1) is 13.7. The van der Waals surface area contributed by atoms with Gasteiger partial charge in [-0.3, -0.25) is 4.57 Å². The van der Waals surface area contributed by atoms with Gasteiger partial charge in [0.25, 0.3) is 0 Å². The average molecular weight is 391 g/mol. The van der Waals surface area contributed by atoms with Crippen molar-refractivity contribution in [1.29, 1.82) is 0 Å². The van der Waals surface area contributed by atoms with Crippen LogP contribution in [0.4, 0.5) is 0 Å². The van der Waals surface area contributed by atoms with Gasteiger partial charge in [0.2, 0.25) is 5.82 Å². The molecule has 0 radical (unpaired) electrons. The molecule has 2 aromatic heterocycles. The summed E-state index contributed by atoms with van der Waals surface area (Å²) in [6.45, 7) is 4.24. The Balaban J connectivity index is 1.76. The Morgan fingerprint density at radius 3 is 2.68 bits per heavy atom. The molecule has 0 amide bonds. The number of aromatic nitrogens is 3. The molecular weight excluding hydrogens is 370 g/mol. The molecule has 28 heavy (non-hydrogen) atoms. The standard InChI is InChI=1S/C22H21N3O2S/c1-15-10-11-16(2)17(13-15)14-28-22-24-23-21(20-9-6-12-27-20)25(22)18-7-4-5-8-19(18)26-3/h4-13H,14H2,1-3H3. The summed E-state index contributed by atoms with van der Waals surface area (Å²) in [5.41, 5.74) is 4.69. The number of nitrogens with zero attached hydrogens (tertiary/aromatic N) is 3. The molecule has 0 N–H and O–H groups in total. The van der Waals surface area contributed by atoms with Crippen LogP contribution in [0, 0.1) is 13.8 Å². The van der Waals surface area contributed by atoms with Crippen LogP contribution in [0.3, 0.4) is 0 Å². The summed E-state index contributed by atoms with van der Waals surface area (Å²) in [6, 6.07) is 18.1. The molecule has 6 heteroatoms. The maximum absolute atomic E-state index is 5.59. The van der Waals surface area contributed by atoms with Crippen LogP contribution in [0.5, 0.6) is 5.75 Å². The predicted molar refractivity (Wildman–Crippen MR) is 111 cm³/mol. The zero-order valence-corrected chi connectivity index (χ0v) is 16.9. The van der Waals surface area contributed by atoms with Crippen LogP contribution in [0.25, 0.3) is 17.3 Å². The van der Waals surface area contributed by atoms with Crippen LogP contribution in [-0.4, -0.2) is 21.9 Å². The third-order valence-electron chi connectivity index (χ3n) is 4.56. The van der Waals surface area contributed by atoms with Crippen LogP contribution in [-0.2, 0) is 5.75 Å². The number of methoxy groups -OCH3 is 1. The minimum Gasteiger partial charge on any atom is -0.495 e. The van der Waals surface area contributed by atoms with E-state index in [1.165, 1.54) is 16.7 Å². The molecule has 0 aliphatic carbocycles. The Labute approximate surface area is 168 Å². The highest BCUT2D eigenvalue weighted by molar-refractivity contribution is 7.98. The maximum atomic E-state index is 5.59. The number of furan rings is 1. The Morgan fingerprint density at radius 2 is 1.89 bits per heavy atom. The molecule has 0 saturated heterocycles. The lowest BCUT2D eigenvalue weighted by Gasteiger charge is -2.13. The van der Waals surface area contributed by atoms with Gasteiger partial charge < -0.3 is 9.15 Å². The average Bonchev–Trinajstić information content (AvgIpc) is 3.38. The van der Waals surface area contributed by atoms with Gasteiger partial charge in [-0.1, -0.05) is 47.7 Å². The number of aryl methyl sites for hydroxylation is 2. The van der Waals surface area contributed by atoms with E-state index < -0.39 is 0 Å². The second-order valence-electron chi connectivity index (χ2n) is 6.51. The van der Waals surface area contributed by atoms with Gasteiger partial charge in [-0.05, 0) is 49.2 Å². The number of rotatable bonds is 6. The minimum atomic E-state index is 0.651. The monoisotopic (exact) mass is 391 g/mol. The normalized spacial score (nSPS) is 11.0. The summed E-state index contributed by atoms with van der Waals surface area (Å²) >= 11 is 1.65. The van der Waals surface area contributed by atoms with Crippen molar-refractivity contribution >= 4 is 11.8 Å². The molecule has 4 aromatic rings. The fourth-order valence-corrected chi connectivity index (χ4v) is 4.07. The molecule has 5 nitrogen and oxygen atoms in total. The third-order valence-corrected chi connectivity index (χ3v) is 5.54. The van der Waals surface area contributed by atoms with Gasteiger partial charge in [-0.25, -0.2) is 0 Å². The fraction of sp³-hybridized carbons (Fsp3) is 0.182. The molecule has 0 fully saturated rings. The fourth-order valence-electron chi connectivity index (χ4n) is 3.06. The van der Waals surface area contributed by atoms with Crippen molar-refractivity contribution in [2.45, 2.75) is 24.8 Å². The Kier molecular flexibility index (Phi) is 5.21. The second kappa shape index (κ2) is 7.94. The number of thioether (sulfide) groups is 1. The zero-order valence-electron chi connectivity index (χ0n) is 16.0. The lowest BCUT2D eigenvalue weighted by Crippen LogP contribution is -2.02. The highest BCUT2D eigenvalue weighted by atomic mass is 32.2. The number of hydrogen-bond donors (Lipinski definition) is 0. The molecule has 0 bridgehead atoms. The summed E-state index contributed by atoms with van der Waals surface area (Å²) in [5.74, 6) is 2.87. The van der Waals surface area contributed by atoms with E-state index in [1.54, 1.807) is 25.1 Å². The van der Waals surface area contributed by atoms with Crippen LogP contribution in [0.15, 0.2) is 70.4 Å². The number of ether oxygens (including phenoxy) is 1. The highest BCUT2D eigenvalue weighted by Gasteiger charge is 2.20. The van der Waals surface area contributed by atoms with Crippen molar-refractivity contribution in [3.8, 4) is 23.0 Å². The Bertz CT molecular complexity index is 1090. The first kappa shape index (κ1) is 18.4. The van der Waals surface area contributed by atoms with Gasteiger partial charge in [0, 0.05) is 5.75 Å². The van der Waals surface area contributed by atoms with Crippen LogP contribution >= 0.6 is 11.8 Å². The molecule has 0 spiro atoms. The lowest BCUT2D eigenvalue weighted by molar-refractivity contribution is 0.412. The number of benzene rings is 2. The smallest absolute Gasteiger partial charge is 0.205 e. The summed E-state index contributed by atoms with van der Waals surface area (Å²) in [5, 5.41) is 9.65. The summed E-state index contributed by atoms with van der Waals surface area (Å²) in [6.07, 6.45) is 1.64. The quantitative estimate of drug-likeness (QED) is 0.409. The van der Waals surface area contributed by atoms with Gasteiger partial charge in [-0.15, -0.1) is 10.2 Å². The third kappa shape index (κ3) is 3.55. The summed E-state index contributed by atoms with van der Waals surface area (Å²) < 4.78 is 13.2. The molecule has 2 aromatic carbocycles. The molecule has 0 aliphatic heterocycles. The van der Waals surface area contributed by atoms with Gasteiger partial charge in [0.05, 0.1) is 19.1 Å². The topological polar surface area (TPSA) is 53.1 Å². The van der Waals surface area contributed by atoms with Crippen molar-refractivity contribution in [2.24, 2.45) is 0 Å². The Hall–Kier alpha value is -2.99. The molecule has 0 unspecified atom stereocenters. The van der Waals surface area contributed by atoms with Crippen molar-refractivity contribution < 1.29 is 9.15 Å². The summed E-state index contributed by atoms with van der Waals surface area (Å²) in [4.78, 5) is 0. The predicted octanol–water partition coefficient (Wildman–Crippen LogP) is 5.45. The van der Waals surface area contributed by atoms with Crippen LogP contribution in [0.1, 0.15) is 16.7 Å². The van der Waals surface area contributed by atoms with E-state index in [0.29, 0.717) is 11.6 Å². The molecule has 0 saturated carbocycles. The van der Waals surface area contributed by atoms with Gasteiger partial charge in [0.1, 0.15) is 5.75 Å². The minimum absolute atomic E-state index is 0.651. The van der Waals surface area contributed by atoms with Gasteiger partial charge in [-0.2, -0.15) is 0 Å². The van der Waals surface area contributed by atoms with Gasteiger partial charge >= 0.3 is 0 Å². The highest BCUT2D eigenvalue weighted by Crippen LogP contribution is 2.34. The van der Waals surface area contributed by atoms with E-state index in [0.717, 1.165) is 22.3 Å². The maximum Gasteiger partial charge on any atom is 0.205 e. The molecule has 142 valence electrons. The Morgan fingerprint density at radius 1 is 1.04 bits per heavy atom. The molecule has 0 atom stereocenters. The van der Waals surface area contributed by atoms with E-state index in [1.807, 2.05) is 41.0 Å². The largest absolute Gasteiger partial charge is 0.495 e. The first-order valence-electron chi connectivity index (χ1n) is 8.99. The zero-order chi connectivity index (χ0) is 19.5. The van der Waals surface area contributed by atoms with Crippen molar-refractivity contribution in [3.05, 3.63) is 77.6 Å². The molecule has 2 heterocycles. The molecule has 4 rings (SSSR count). The summed E-state index contributed by atoms with van der Waals surface area (Å²) in [7, 11) is 1.67. The van der Waals surface area contributed by atoms with E-state index in [-0.39, 0.29) is 0 Å². The molecule has 0 aliphatic rings. The van der Waals surface area contributed by atoms with E-state index in [9.17, 15) is 0 Å². The molecular formula is C22H21N3O2S. The van der Waals surface area contributed by atoms with Gasteiger partial charge in [0.15, 0.2) is 10.9 Å². The SMILES string of the molecule is COc1ccccc1-n1c(SCc2cc(C)ccc2C)nnc1-c1ccco1. The van der Waals surface area contributed by atoms with Crippen molar-refractivity contribution in [2.75, 3.05) is 7.11 Å². The van der Waals surface area contributed by atoms with E-state index >= 15 is 0 Å². The van der Waals surface area contributed by atoms with Crippen LogP contribution < -0.4 is 4.74 Å². The van der Waals surface area contributed by atoms with E-state index in [2.05, 4.69) is 42.2 Å². The van der Waals surface area contributed by atoms with Crippen molar-refractivity contribution in [3.63, 3.8) is 0 Å². The first-order valence-corrected chi connectivity index (χ1v) is 9.97. The lowest BCUT2D eigenvalue weighted by atomic mass is 10.1. The van der Waals surface area contributed by atoms with E-state index in [4.69, 9.17) is 9.15 Å². The van der Waals surface area contributed by atoms with Crippen molar-refractivity contribution in [1.82, 2.24) is 14.8 Å². The van der Waals surface area contributed by atoms with Crippen LogP contribution in [0.2, 0.25) is 0 Å². The second-order valence-corrected chi connectivity index (χ2v) is 7.45.